The zero-order valence-corrected chi connectivity index (χ0v) is 12.7. The van der Waals surface area contributed by atoms with Crippen LogP contribution in [0, 0.1) is 17.2 Å². The Hall–Kier alpha value is -1.29. The van der Waals surface area contributed by atoms with Crippen LogP contribution < -0.4 is 4.72 Å². The van der Waals surface area contributed by atoms with Crippen molar-refractivity contribution in [3.63, 3.8) is 0 Å². The highest BCUT2D eigenvalue weighted by atomic mass is 35.5. The third kappa shape index (κ3) is 3.42. The Labute approximate surface area is 124 Å². The molecule has 1 fully saturated rings. The van der Waals surface area contributed by atoms with Gasteiger partial charge in [0.25, 0.3) is 0 Å². The summed E-state index contributed by atoms with van der Waals surface area (Å²) >= 11 is 5.98. The number of nitriles is 1. The Balaban J connectivity index is 2.14. The highest BCUT2D eigenvalue weighted by molar-refractivity contribution is 7.90. The Morgan fingerprint density at radius 2 is 2.05 bits per heavy atom. The molecule has 0 atom stereocenters. The van der Waals surface area contributed by atoms with Gasteiger partial charge in [-0.1, -0.05) is 18.5 Å². The Kier molecular flexibility index (Phi) is 4.53. The van der Waals surface area contributed by atoms with E-state index in [1.165, 1.54) is 22.5 Å². The van der Waals surface area contributed by atoms with Crippen LogP contribution in [0.3, 0.4) is 0 Å². The number of benzene rings is 1. The SMILES string of the molecule is CC1CCN(S(=O)(=O)Nc2ccc(C#N)cc2Cl)CC1. The van der Waals surface area contributed by atoms with Crippen molar-refractivity contribution >= 4 is 27.5 Å². The van der Waals surface area contributed by atoms with Crippen molar-refractivity contribution in [3.05, 3.63) is 28.8 Å². The summed E-state index contributed by atoms with van der Waals surface area (Å²) in [7, 11) is -3.59. The summed E-state index contributed by atoms with van der Waals surface area (Å²) in [6, 6.07) is 6.43. The Morgan fingerprint density at radius 3 is 2.60 bits per heavy atom. The number of hydrogen-bond donors (Lipinski definition) is 1. The Bertz CT molecular complexity index is 632. The number of piperidine rings is 1. The second-order valence-corrected chi connectivity index (χ2v) is 7.07. The maximum Gasteiger partial charge on any atom is 0.301 e. The number of nitrogens with one attached hydrogen (secondary N) is 1. The molecule has 2 rings (SSSR count). The minimum Gasteiger partial charge on any atom is -0.269 e. The molecule has 1 aliphatic heterocycles. The maximum atomic E-state index is 12.3. The molecule has 0 aliphatic carbocycles. The fraction of sp³-hybridized carbons (Fsp3) is 0.462. The van der Waals surface area contributed by atoms with Gasteiger partial charge in [0.05, 0.1) is 22.3 Å². The van der Waals surface area contributed by atoms with Gasteiger partial charge in [-0.05, 0) is 37.0 Å². The first-order valence-electron chi connectivity index (χ1n) is 6.40. The lowest BCUT2D eigenvalue weighted by atomic mass is 10.0. The van der Waals surface area contributed by atoms with Crippen molar-refractivity contribution in [2.75, 3.05) is 17.8 Å². The molecule has 1 N–H and O–H groups in total. The highest BCUT2D eigenvalue weighted by Crippen LogP contribution is 2.26. The first-order chi connectivity index (χ1) is 9.42. The molecule has 0 radical (unpaired) electrons. The summed E-state index contributed by atoms with van der Waals surface area (Å²) in [5, 5.41) is 8.98. The molecule has 0 unspecified atom stereocenters. The van der Waals surface area contributed by atoms with Crippen LogP contribution in [0.15, 0.2) is 18.2 Å². The summed E-state index contributed by atoms with van der Waals surface area (Å²) < 4.78 is 28.4. The molecule has 0 aromatic heterocycles. The van der Waals surface area contributed by atoms with Crippen LogP contribution in [0.4, 0.5) is 5.69 Å². The summed E-state index contributed by atoms with van der Waals surface area (Å²) in [6.45, 7) is 3.16. The largest absolute Gasteiger partial charge is 0.301 e. The van der Waals surface area contributed by atoms with Crippen LogP contribution in [-0.4, -0.2) is 25.8 Å². The lowest BCUT2D eigenvalue weighted by molar-refractivity contribution is 0.289. The predicted molar refractivity (Wildman–Crippen MR) is 78.7 cm³/mol. The number of hydrogen-bond acceptors (Lipinski definition) is 3. The Morgan fingerprint density at radius 1 is 1.40 bits per heavy atom. The molecule has 1 saturated heterocycles. The lowest BCUT2D eigenvalue weighted by Gasteiger charge is -2.29. The zero-order valence-electron chi connectivity index (χ0n) is 11.1. The van der Waals surface area contributed by atoms with Crippen LogP contribution in [0.25, 0.3) is 0 Å². The molecule has 1 heterocycles. The first-order valence-corrected chi connectivity index (χ1v) is 8.21. The smallest absolute Gasteiger partial charge is 0.269 e. The van der Waals surface area contributed by atoms with E-state index in [1.54, 1.807) is 0 Å². The van der Waals surface area contributed by atoms with Gasteiger partial charge in [-0.2, -0.15) is 18.0 Å². The van der Waals surface area contributed by atoms with Crippen molar-refractivity contribution < 1.29 is 8.42 Å². The van der Waals surface area contributed by atoms with Gasteiger partial charge < -0.3 is 0 Å². The van der Waals surface area contributed by atoms with Crippen LogP contribution in [0.2, 0.25) is 5.02 Å². The average molecular weight is 314 g/mol. The van der Waals surface area contributed by atoms with E-state index in [1.807, 2.05) is 6.07 Å². The molecule has 5 nitrogen and oxygen atoms in total. The number of anilines is 1. The quantitative estimate of drug-likeness (QED) is 0.932. The molecule has 1 aromatic rings. The molecule has 0 amide bonds. The normalized spacial score (nSPS) is 17.6. The van der Waals surface area contributed by atoms with Gasteiger partial charge in [0, 0.05) is 13.1 Å². The molecule has 1 aliphatic rings. The van der Waals surface area contributed by atoms with Crippen LogP contribution >= 0.6 is 11.6 Å². The third-order valence-corrected chi connectivity index (χ3v) is 5.26. The van der Waals surface area contributed by atoms with E-state index < -0.39 is 10.2 Å². The summed E-state index contributed by atoms with van der Waals surface area (Å²) in [5.74, 6) is 0.556. The minimum absolute atomic E-state index is 0.220. The van der Waals surface area contributed by atoms with Crippen molar-refractivity contribution in [1.29, 1.82) is 5.26 Å². The summed E-state index contributed by atoms with van der Waals surface area (Å²) in [4.78, 5) is 0. The van der Waals surface area contributed by atoms with E-state index >= 15 is 0 Å². The fourth-order valence-electron chi connectivity index (χ4n) is 2.10. The van der Waals surface area contributed by atoms with E-state index in [9.17, 15) is 8.42 Å². The summed E-state index contributed by atoms with van der Waals surface area (Å²) in [5.41, 5.74) is 0.689. The molecular formula is C13H16ClN3O2S. The number of rotatable bonds is 3. The molecule has 7 heteroatoms. The molecular weight excluding hydrogens is 298 g/mol. The monoisotopic (exact) mass is 313 g/mol. The molecule has 0 saturated carbocycles. The van der Waals surface area contributed by atoms with Gasteiger partial charge in [0.1, 0.15) is 0 Å². The van der Waals surface area contributed by atoms with Crippen molar-refractivity contribution in [2.45, 2.75) is 19.8 Å². The molecule has 1 aromatic carbocycles. The average Bonchev–Trinajstić information content (AvgIpc) is 2.41. The van der Waals surface area contributed by atoms with Crippen LogP contribution in [0.1, 0.15) is 25.3 Å². The van der Waals surface area contributed by atoms with Crippen molar-refractivity contribution in [1.82, 2.24) is 4.31 Å². The highest BCUT2D eigenvalue weighted by Gasteiger charge is 2.26. The predicted octanol–water partition coefficient (Wildman–Crippen LogP) is 2.60. The van der Waals surface area contributed by atoms with Crippen LogP contribution in [-0.2, 0) is 10.2 Å². The van der Waals surface area contributed by atoms with Gasteiger partial charge in [-0.3, -0.25) is 4.72 Å². The second kappa shape index (κ2) is 6.00. The summed E-state index contributed by atoms with van der Waals surface area (Å²) in [6.07, 6.45) is 1.73. The molecule has 0 bridgehead atoms. The van der Waals surface area contributed by atoms with E-state index in [0.29, 0.717) is 30.3 Å². The van der Waals surface area contributed by atoms with Crippen LogP contribution in [0.5, 0.6) is 0 Å². The first kappa shape index (κ1) is 15.1. The van der Waals surface area contributed by atoms with E-state index in [0.717, 1.165) is 12.8 Å². The van der Waals surface area contributed by atoms with Gasteiger partial charge >= 0.3 is 10.2 Å². The van der Waals surface area contributed by atoms with Gasteiger partial charge in [-0.15, -0.1) is 0 Å². The van der Waals surface area contributed by atoms with Gasteiger partial charge in [0.2, 0.25) is 0 Å². The van der Waals surface area contributed by atoms with E-state index in [4.69, 9.17) is 16.9 Å². The molecule has 108 valence electrons. The van der Waals surface area contributed by atoms with Crippen molar-refractivity contribution in [2.24, 2.45) is 5.92 Å². The zero-order chi connectivity index (χ0) is 14.8. The maximum absolute atomic E-state index is 12.3. The van der Waals surface area contributed by atoms with Gasteiger partial charge in [-0.25, -0.2) is 0 Å². The third-order valence-electron chi connectivity index (χ3n) is 3.42. The van der Waals surface area contributed by atoms with Crippen molar-refractivity contribution in [3.8, 4) is 6.07 Å². The fourth-order valence-corrected chi connectivity index (χ4v) is 3.66. The van der Waals surface area contributed by atoms with Gasteiger partial charge in [0.15, 0.2) is 0 Å². The lowest BCUT2D eigenvalue weighted by Crippen LogP contribution is -2.41. The molecule has 20 heavy (non-hydrogen) atoms. The standard InChI is InChI=1S/C13H16ClN3O2S/c1-10-4-6-17(7-5-10)20(18,19)16-13-3-2-11(9-15)8-12(13)14/h2-3,8,10,16H,4-7H2,1H3. The number of halogens is 1. The minimum atomic E-state index is -3.59. The number of nitrogens with zero attached hydrogens (tertiary/aromatic N) is 2. The van der Waals surface area contributed by atoms with E-state index in [2.05, 4.69) is 11.6 Å². The second-order valence-electron chi connectivity index (χ2n) is 5.00. The topological polar surface area (TPSA) is 73.2 Å². The van der Waals surface area contributed by atoms with E-state index in [-0.39, 0.29) is 5.02 Å². The molecule has 0 spiro atoms.